The predicted octanol–water partition coefficient (Wildman–Crippen LogP) is 2.22. The van der Waals surface area contributed by atoms with E-state index in [1.165, 1.54) is 11.8 Å². The fraction of sp³-hybridized carbons (Fsp3) is 0.300. The number of nitrogen functional groups attached to an aromatic ring is 1. The Kier molecular flexibility index (Phi) is 3.83. The second kappa shape index (κ2) is 4.91. The van der Waals surface area contributed by atoms with E-state index < -0.39 is 5.97 Å². The molecule has 0 spiro atoms. The second-order valence-corrected chi connectivity index (χ2v) is 4.20. The van der Waals surface area contributed by atoms with Crippen LogP contribution in [0.5, 0.6) is 0 Å². The summed E-state index contributed by atoms with van der Waals surface area (Å²) in [5, 5.41) is 8.47. The Morgan fingerprint density at radius 3 is 2.50 bits per heavy atom. The lowest BCUT2D eigenvalue weighted by Crippen LogP contribution is -2.14. The summed E-state index contributed by atoms with van der Waals surface area (Å²) < 4.78 is 0. The molecule has 1 aromatic rings. The average molecular weight is 211 g/mol. The molecule has 0 aromatic heterocycles. The van der Waals surface area contributed by atoms with Crippen LogP contribution in [0.4, 0.5) is 5.69 Å². The van der Waals surface area contributed by atoms with Crippen LogP contribution in [0, 0.1) is 0 Å². The molecule has 0 fully saturated rings. The van der Waals surface area contributed by atoms with Gasteiger partial charge in [0.1, 0.15) is 5.25 Å². The number of aliphatic carboxylic acids is 1. The van der Waals surface area contributed by atoms with Crippen molar-refractivity contribution >= 4 is 23.4 Å². The van der Waals surface area contributed by atoms with E-state index in [0.29, 0.717) is 12.1 Å². The molecule has 1 rings (SSSR count). The standard InChI is InChI=1S/C10H13NO2S/c1-2-9(10(12)13)14-8-5-3-7(11)4-6-8/h3-6,9H,2,11H2,1H3,(H,12,13). The van der Waals surface area contributed by atoms with Gasteiger partial charge >= 0.3 is 5.97 Å². The van der Waals surface area contributed by atoms with Crippen molar-refractivity contribution in [2.45, 2.75) is 23.5 Å². The Labute approximate surface area is 87.3 Å². The molecule has 0 aliphatic rings. The van der Waals surface area contributed by atoms with Crippen LogP contribution in [0.3, 0.4) is 0 Å². The quantitative estimate of drug-likeness (QED) is 0.592. The van der Waals surface area contributed by atoms with Crippen LogP contribution in [-0.4, -0.2) is 16.3 Å². The van der Waals surface area contributed by atoms with Crippen molar-refractivity contribution in [3.05, 3.63) is 24.3 Å². The predicted molar refractivity (Wildman–Crippen MR) is 58.4 cm³/mol. The molecule has 0 aliphatic heterocycles. The molecule has 1 unspecified atom stereocenters. The fourth-order valence-electron chi connectivity index (χ4n) is 1.02. The van der Waals surface area contributed by atoms with Gasteiger partial charge in [-0.2, -0.15) is 0 Å². The number of benzene rings is 1. The van der Waals surface area contributed by atoms with Crippen molar-refractivity contribution < 1.29 is 9.90 Å². The van der Waals surface area contributed by atoms with Crippen LogP contribution in [0.1, 0.15) is 13.3 Å². The van der Waals surface area contributed by atoms with Gasteiger partial charge in [0, 0.05) is 10.6 Å². The maximum absolute atomic E-state index is 10.8. The van der Waals surface area contributed by atoms with Gasteiger partial charge in [-0.25, -0.2) is 0 Å². The van der Waals surface area contributed by atoms with Crippen LogP contribution >= 0.6 is 11.8 Å². The average Bonchev–Trinajstić information content (AvgIpc) is 2.16. The zero-order valence-electron chi connectivity index (χ0n) is 7.93. The molecule has 14 heavy (non-hydrogen) atoms. The molecule has 4 heteroatoms. The van der Waals surface area contributed by atoms with Gasteiger partial charge in [0.25, 0.3) is 0 Å². The smallest absolute Gasteiger partial charge is 0.316 e. The van der Waals surface area contributed by atoms with Crippen molar-refractivity contribution in [3.63, 3.8) is 0 Å². The number of rotatable bonds is 4. The Morgan fingerprint density at radius 2 is 2.07 bits per heavy atom. The molecule has 1 aromatic carbocycles. The number of hydrogen-bond donors (Lipinski definition) is 2. The van der Waals surface area contributed by atoms with E-state index in [2.05, 4.69) is 0 Å². The number of thioether (sulfide) groups is 1. The minimum atomic E-state index is -0.769. The van der Waals surface area contributed by atoms with E-state index in [4.69, 9.17) is 10.8 Å². The number of carbonyl (C=O) groups is 1. The summed E-state index contributed by atoms with van der Waals surface area (Å²) in [6, 6.07) is 7.23. The van der Waals surface area contributed by atoms with Crippen molar-refractivity contribution in [2.75, 3.05) is 5.73 Å². The molecule has 0 saturated carbocycles. The highest BCUT2D eigenvalue weighted by Crippen LogP contribution is 2.26. The Hall–Kier alpha value is -1.16. The zero-order valence-corrected chi connectivity index (χ0v) is 8.75. The zero-order chi connectivity index (χ0) is 10.6. The second-order valence-electron chi connectivity index (χ2n) is 2.92. The summed E-state index contributed by atoms with van der Waals surface area (Å²) in [5.41, 5.74) is 6.22. The third-order valence-corrected chi connectivity index (χ3v) is 3.17. The number of anilines is 1. The minimum Gasteiger partial charge on any atom is -0.480 e. The van der Waals surface area contributed by atoms with Gasteiger partial charge in [0.2, 0.25) is 0 Å². The topological polar surface area (TPSA) is 63.3 Å². The Morgan fingerprint density at radius 1 is 1.50 bits per heavy atom. The number of nitrogens with two attached hydrogens (primary N) is 1. The third kappa shape index (κ3) is 2.96. The van der Waals surface area contributed by atoms with Gasteiger partial charge in [0.15, 0.2) is 0 Å². The highest BCUT2D eigenvalue weighted by molar-refractivity contribution is 8.00. The first-order valence-electron chi connectivity index (χ1n) is 4.38. The van der Waals surface area contributed by atoms with Crippen LogP contribution in [0.15, 0.2) is 29.2 Å². The Balaban J connectivity index is 2.67. The maximum atomic E-state index is 10.8. The van der Waals surface area contributed by atoms with E-state index in [9.17, 15) is 4.79 Å². The normalized spacial score (nSPS) is 12.4. The molecular weight excluding hydrogens is 198 g/mol. The molecule has 76 valence electrons. The molecule has 1 atom stereocenters. The van der Waals surface area contributed by atoms with Crippen molar-refractivity contribution in [3.8, 4) is 0 Å². The summed E-state index contributed by atoms with van der Waals surface area (Å²) in [5.74, 6) is -0.769. The summed E-state index contributed by atoms with van der Waals surface area (Å²) in [7, 11) is 0. The van der Waals surface area contributed by atoms with Crippen molar-refractivity contribution in [2.24, 2.45) is 0 Å². The van der Waals surface area contributed by atoms with Crippen LogP contribution in [0.2, 0.25) is 0 Å². The maximum Gasteiger partial charge on any atom is 0.316 e. The molecule has 0 radical (unpaired) electrons. The summed E-state index contributed by atoms with van der Waals surface area (Å²) in [6.45, 7) is 1.86. The lowest BCUT2D eigenvalue weighted by Gasteiger charge is -2.08. The highest BCUT2D eigenvalue weighted by Gasteiger charge is 2.15. The van der Waals surface area contributed by atoms with Gasteiger partial charge in [-0.15, -0.1) is 11.8 Å². The van der Waals surface area contributed by atoms with E-state index in [-0.39, 0.29) is 5.25 Å². The summed E-state index contributed by atoms with van der Waals surface area (Å²) in [6.07, 6.45) is 0.615. The molecule has 3 nitrogen and oxygen atoms in total. The van der Waals surface area contributed by atoms with Gasteiger partial charge in [-0.1, -0.05) is 6.92 Å². The SMILES string of the molecule is CCC(Sc1ccc(N)cc1)C(=O)O. The molecule has 0 aliphatic carbocycles. The van der Waals surface area contributed by atoms with Gasteiger partial charge in [0.05, 0.1) is 0 Å². The van der Waals surface area contributed by atoms with E-state index in [1.54, 1.807) is 12.1 Å². The Bertz CT molecular complexity index is 310. The number of carboxylic acid groups (broad SMARTS) is 1. The van der Waals surface area contributed by atoms with Gasteiger partial charge in [-0.05, 0) is 30.7 Å². The van der Waals surface area contributed by atoms with Crippen LogP contribution in [-0.2, 0) is 4.79 Å². The lowest BCUT2D eigenvalue weighted by molar-refractivity contribution is -0.136. The first kappa shape index (κ1) is 10.9. The summed E-state index contributed by atoms with van der Waals surface area (Å²) in [4.78, 5) is 11.7. The summed E-state index contributed by atoms with van der Waals surface area (Å²) >= 11 is 1.35. The number of hydrogen-bond acceptors (Lipinski definition) is 3. The van der Waals surface area contributed by atoms with Crippen molar-refractivity contribution in [1.29, 1.82) is 0 Å². The minimum absolute atomic E-state index is 0.376. The van der Waals surface area contributed by atoms with Gasteiger partial charge < -0.3 is 10.8 Å². The first-order valence-corrected chi connectivity index (χ1v) is 5.26. The molecular formula is C10H13NO2S. The van der Waals surface area contributed by atoms with E-state index >= 15 is 0 Å². The number of carboxylic acids is 1. The highest BCUT2D eigenvalue weighted by atomic mass is 32.2. The molecule has 3 N–H and O–H groups in total. The lowest BCUT2D eigenvalue weighted by atomic mass is 10.3. The van der Waals surface area contributed by atoms with Gasteiger partial charge in [-0.3, -0.25) is 4.79 Å². The van der Waals surface area contributed by atoms with Crippen LogP contribution < -0.4 is 5.73 Å². The fourth-order valence-corrected chi connectivity index (χ4v) is 1.91. The van der Waals surface area contributed by atoms with Crippen LogP contribution in [0.25, 0.3) is 0 Å². The molecule has 0 bridgehead atoms. The largest absolute Gasteiger partial charge is 0.480 e. The molecule has 0 amide bonds. The third-order valence-electron chi connectivity index (χ3n) is 1.80. The van der Waals surface area contributed by atoms with E-state index in [0.717, 1.165) is 4.90 Å². The first-order chi connectivity index (χ1) is 6.63. The monoisotopic (exact) mass is 211 g/mol. The molecule has 0 saturated heterocycles. The van der Waals surface area contributed by atoms with E-state index in [1.807, 2.05) is 19.1 Å². The molecule has 0 heterocycles. The van der Waals surface area contributed by atoms with Crippen molar-refractivity contribution in [1.82, 2.24) is 0 Å².